The lowest BCUT2D eigenvalue weighted by molar-refractivity contribution is -0.140. The van der Waals surface area contributed by atoms with Gasteiger partial charge in [0.15, 0.2) is 5.65 Å². The summed E-state index contributed by atoms with van der Waals surface area (Å²) in [6, 6.07) is 23.4. The maximum atomic E-state index is 13.6. The molecule has 6 rings (SSSR count). The number of nitrogen functional groups attached to an aromatic ring is 1. The summed E-state index contributed by atoms with van der Waals surface area (Å²) in [6.07, 6.45) is 4.23. The highest BCUT2D eigenvalue weighted by Gasteiger charge is 2.25. The SMILES string of the molecule is COC(=O)CC(Nc1ncc(C#N)cc1C(=O)NCCc1ccc(F)cc1)c1ccc(-c2cn(S(=O)(=O)c3ccccc3)c3ncnc(N)c23)cc1. The van der Waals surface area contributed by atoms with Crippen LogP contribution in [0.5, 0.6) is 0 Å². The number of nitrogens with one attached hydrogen (secondary N) is 2. The van der Waals surface area contributed by atoms with Crippen LogP contribution in [-0.4, -0.2) is 52.9 Å². The molecule has 3 aromatic heterocycles. The largest absolute Gasteiger partial charge is 0.469 e. The molecule has 0 saturated heterocycles. The van der Waals surface area contributed by atoms with Crippen LogP contribution in [0.25, 0.3) is 22.2 Å². The number of anilines is 2. The van der Waals surface area contributed by atoms with E-state index >= 15 is 0 Å². The predicted molar refractivity (Wildman–Crippen MR) is 191 cm³/mol. The average Bonchev–Trinajstić information content (AvgIpc) is 3.58. The zero-order valence-corrected chi connectivity index (χ0v) is 28.5. The van der Waals surface area contributed by atoms with Gasteiger partial charge in [-0.1, -0.05) is 54.6 Å². The Morgan fingerprint density at radius 3 is 2.44 bits per heavy atom. The van der Waals surface area contributed by atoms with E-state index in [0.29, 0.717) is 28.5 Å². The molecule has 3 aromatic carbocycles. The van der Waals surface area contributed by atoms with Crippen molar-refractivity contribution in [3.8, 4) is 17.2 Å². The predicted octanol–water partition coefficient (Wildman–Crippen LogP) is 5.01. The Labute approximate surface area is 298 Å². The highest BCUT2D eigenvalue weighted by molar-refractivity contribution is 7.90. The van der Waals surface area contributed by atoms with Gasteiger partial charge in [0, 0.05) is 24.5 Å². The molecule has 13 nitrogen and oxygen atoms in total. The van der Waals surface area contributed by atoms with Gasteiger partial charge in [0.1, 0.15) is 29.8 Å². The van der Waals surface area contributed by atoms with Crippen molar-refractivity contribution in [2.45, 2.75) is 23.8 Å². The summed E-state index contributed by atoms with van der Waals surface area (Å²) in [5, 5.41) is 15.8. The fourth-order valence-corrected chi connectivity index (χ4v) is 6.95. The molecule has 0 aliphatic carbocycles. The number of esters is 1. The molecule has 0 spiro atoms. The molecule has 262 valence electrons. The van der Waals surface area contributed by atoms with Gasteiger partial charge in [0.05, 0.1) is 41.0 Å². The molecule has 0 radical (unpaired) electrons. The van der Waals surface area contributed by atoms with Crippen LogP contribution in [0.4, 0.5) is 16.0 Å². The van der Waals surface area contributed by atoms with Crippen LogP contribution < -0.4 is 16.4 Å². The number of aromatic nitrogens is 4. The summed E-state index contributed by atoms with van der Waals surface area (Å²) in [7, 11) is -2.79. The Bertz CT molecular complexity index is 2410. The second kappa shape index (κ2) is 15.1. The first-order valence-corrected chi connectivity index (χ1v) is 17.3. The van der Waals surface area contributed by atoms with Crippen molar-refractivity contribution in [3.63, 3.8) is 0 Å². The van der Waals surface area contributed by atoms with E-state index in [0.717, 1.165) is 9.54 Å². The fourth-order valence-electron chi connectivity index (χ4n) is 5.61. The minimum atomic E-state index is -4.04. The van der Waals surface area contributed by atoms with Crippen molar-refractivity contribution < 1.29 is 27.1 Å². The lowest BCUT2D eigenvalue weighted by atomic mass is 9.98. The Kier molecular flexibility index (Phi) is 10.2. The number of fused-ring (bicyclic) bond motifs is 1. The van der Waals surface area contributed by atoms with E-state index in [1.54, 1.807) is 54.6 Å². The van der Waals surface area contributed by atoms with E-state index in [2.05, 4.69) is 25.6 Å². The molecule has 52 heavy (non-hydrogen) atoms. The number of carbonyl (C=O) groups excluding carboxylic acids is 2. The van der Waals surface area contributed by atoms with Crippen LogP contribution in [0.3, 0.4) is 0 Å². The third-order valence-corrected chi connectivity index (χ3v) is 9.95. The highest BCUT2D eigenvalue weighted by Crippen LogP contribution is 2.36. The van der Waals surface area contributed by atoms with Gasteiger partial charge >= 0.3 is 5.97 Å². The summed E-state index contributed by atoms with van der Waals surface area (Å²) in [6.45, 7) is 0.229. The van der Waals surface area contributed by atoms with Gasteiger partial charge in [-0.3, -0.25) is 9.59 Å². The number of hydrogen-bond donors (Lipinski definition) is 3. The normalized spacial score (nSPS) is 11.8. The molecule has 0 aliphatic heterocycles. The molecule has 15 heteroatoms. The lowest BCUT2D eigenvalue weighted by Gasteiger charge is -2.21. The van der Waals surface area contributed by atoms with Crippen molar-refractivity contribution in [1.29, 1.82) is 5.26 Å². The van der Waals surface area contributed by atoms with Crippen LogP contribution in [0, 0.1) is 17.1 Å². The molecule has 0 aliphatic rings. The number of amides is 1. The first-order valence-electron chi connectivity index (χ1n) is 15.9. The Balaban J connectivity index is 1.31. The smallest absolute Gasteiger partial charge is 0.307 e. The van der Waals surface area contributed by atoms with E-state index in [1.165, 1.54) is 56.2 Å². The van der Waals surface area contributed by atoms with E-state index < -0.39 is 27.9 Å². The molecule has 3 heterocycles. The van der Waals surface area contributed by atoms with Crippen molar-refractivity contribution in [3.05, 3.63) is 132 Å². The lowest BCUT2D eigenvalue weighted by Crippen LogP contribution is -2.28. The van der Waals surface area contributed by atoms with Crippen LogP contribution in [-0.2, 0) is 26.0 Å². The maximum absolute atomic E-state index is 13.6. The quantitative estimate of drug-likeness (QED) is 0.144. The number of nitrogens with zero attached hydrogens (tertiary/aromatic N) is 5. The number of pyridine rings is 1. The third kappa shape index (κ3) is 7.42. The summed E-state index contributed by atoms with van der Waals surface area (Å²) < 4.78 is 46.6. The van der Waals surface area contributed by atoms with E-state index in [-0.39, 0.29) is 52.1 Å². The standard InChI is InChI=1S/C37H31FN8O5S/c1-51-32(47)18-31(45-35-29(17-24(19-39)20-42-35)37(48)41-16-15-23-7-13-27(38)14-8-23)26-11-9-25(10-12-26)30-21-46(36-33(30)34(40)43-22-44-36)52(49,50)28-5-3-2-4-6-28/h2-14,17,20-22,31H,15-16,18H2,1H3,(H,41,48)(H,42,45)(H2,40,43,44). The molecule has 1 atom stereocenters. The minimum Gasteiger partial charge on any atom is -0.469 e. The van der Waals surface area contributed by atoms with Gasteiger partial charge in [-0.15, -0.1) is 0 Å². The Morgan fingerprint density at radius 2 is 1.75 bits per heavy atom. The molecule has 0 saturated carbocycles. The first-order chi connectivity index (χ1) is 25.1. The van der Waals surface area contributed by atoms with Crippen molar-refractivity contribution in [2.75, 3.05) is 24.7 Å². The number of nitrogens with two attached hydrogens (primary N) is 1. The molecular formula is C37H31FN8O5S. The van der Waals surface area contributed by atoms with Gasteiger partial charge in [0.25, 0.3) is 15.9 Å². The van der Waals surface area contributed by atoms with Crippen molar-refractivity contribution in [2.24, 2.45) is 0 Å². The molecule has 1 unspecified atom stereocenters. The molecule has 1 amide bonds. The topological polar surface area (TPSA) is 195 Å². The third-order valence-electron chi connectivity index (χ3n) is 8.29. The number of nitriles is 1. The summed E-state index contributed by atoms with van der Waals surface area (Å²) in [5.74, 6) is -1.20. The molecular weight excluding hydrogens is 688 g/mol. The number of methoxy groups -OCH3 is 1. The number of ether oxygens (including phenoxy) is 1. The van der Waals surface area contributed by atoms with Gasteiger partial charge in [0.2, 0.25) is 0 Å². The van der Waals surface area contributed by atoms with Crippen LogP contribution >= 0.6 is 0 Å². The number of rotatable bonds is 12. The second-order valence-corrected chi connectivity index (χ2v) is 13.4. The maximum Gasteiger partial charge on any atom is 0.307 e. The summed E-state index contributed by atoms with van der Waals surface area (Å²) >= 11 is 0. The second-order valence-electron chi connectivity index (χ2n) is 11.6. The zero-order chi connectivity index (χ0) is 36.8. The summed E-state index contributed by atoms with van der Waals surface area (Å²) in [5.41, 5.74) is 9.07. The Hall–Kier alpha value is -6.66. The van der Waals surface area contributed by atoms with Crippen molar-refractivity contribution in [1.82, 2.24) is 24.2 Å². The van der Waals surface area contributed by atoms with Gasteiger partial charge in [-0.05, 0) is 53.4 Å². The summed E-state index contributed by atoms with van der Waals surface area (Å²) in [4.78, 5) is 38.7. The molecule has 0 fully saturated rings. The fraction of sp³-hybridized carbons (Fsp3) is 0.135. The number of halogens is 1. The van der Waals surface area contributed by atoms with Crippen LogP contribution in [0.1, 0.15) is 39.5 Å². The van der Waals surface area contributed by atoms with E-state index in [1.807, 2.05) is 6.07 Å². The Morgan fingerprint density at radius 1 is 1.02 bits per heavy atom. The molecule has 4 N–H and O–H groups in total. The minimum absolute atomic E-state index is 0.0695. The number of benzene rings is 3. The number of carbonyl (C=O) groups is 2. The van der Waals surface area contributed by atoms with Gasteiger partial charge in [-0.2, -0.15) is 5.26 Å². The van der Waals surface area contributed by atoms with Gasteiger partial charge < -0.3 is 21.1 Å². The highest BCUT2D eigenvalue weighted by atomic mass is 32.2. The van der Waals surface area contributed by atoms with Crippen molar-refractivity contribution >= 4 is 44.6 Å². The molecule has 6 aromatic rings. The van der Waals surface area contributed by atoms with E-state index in [4.69, 9.17) is 10.5 Å². The monoisotopic (exact) mass is 718 g/mol. The van der Waals surface area contributed by atoms with Gasteiger partial charge in [-0.25, -0.2) is 31.7 Å². The van der Waals surface area contributed by atoms with Crippen LogP contribution in [0.2, 0.25) is 0 Å². The molecule has 0 bridgehead atoms. The average molecular weight is 719 g/mol. The number of hydrogen-bond acceptors (Lipinski definition) is 11. The van der Waals surface area contributed by atoms with Crippen LogP contribution in [0.15, 0.2) is 109 Å². The first kappa shape index (κ1) is 35.2. The zero-order valence-electron chi connectivity index (χ0n) is 27.7. The van der Waals surface area contributed by atoms with E-state index in [9.17, 15) is 27.7 Å².